The summed E-state index contributed by atoms with van der Waals surface area (Å²) in [6.45, 7) is 2.91. The Balaban J connectivity index is 1.76. The fourth-order valence-corrected chi connectivity index (χ4v) is 3.03. The van der Waals surface area contributed by atoms with Crippen LogP contribution in [0, 0.1) is 0 Å². The van der Waals surface area contributed by atoms with Gasteiger partial charge in [-0.05, 0) is 43.3 Å². The van der Waals surface area contributed by atoms with Gasteiger partial charge in [-0.3, -0.25) is 13.9 Å². The first-order valence-electron chi connectivity index (χ1n) is 7.83. The van der Waals surface area contributed by atoms with Crippen molar-refractivity contribution in [2.24, 2.45) is 0 Å². The number of nitrogens with one attached hydrogen (secondary N) is 1. The van der Waals surface area contributed by atoms with Gasteiger partial charge in [0.15, 0.2) is 0 Å². The molecule has 1 heterocycles. The summed E-state index contributed by atoms with van der Waals surface area (Å²) in [6.07, 6.45) is 0.244. The van der Waals surface area contributed by atoms with E-state index in [2.05, 4.69) is 21.2 Å². The number of hydrogen-bond acceptors (Lipinski definition) is 2. The molecule has 0 unspecified atom stereocenters. The van der Waals surface area contributed by atoms with Crippen LogP contribution in [0.4, 0.5) is 5.69 Å². The number of rotatable bonds is 5. The van der Waals surface area contributed by atoms with Gasteiger partial charge in [-0.15, -0.1) is 0 Å². The number of anilines is 1. The van der Waals surface area contributed by atoms with E-state index in [-0.39, 0.29) is 18.0 Å². The SMILES string of the molecule is CCn1c(=O)n(CCC(=O)Nc2ccc(Br)cc2)c2ccccc21. The maximum absolute atomic E-state index is 12.5. The molecule has 5 nitrogen and oxygen atoms in total. The number of amides is 1. The van der Waals surface area contributed by atoms with Gasteiger partial charge in [0, 0.05) is 29.7 Å². The first-order chi connectivity index (χ1) is 11.6. The molecule has 124 valence electrons. The first-order valence-corrected chi connectivity index (χ1v) is 8.63. The van der Waals surface area contributed by atoms with Gasteiger partial charge in [0.2, 0.25) is 5.91 Å². The van der Waals surface area contributed by atoms with Gasteiger partial charge in [0.1, 0.15) is 0 Å². The van der Waals surface area contributed by atoms with Gasteiger partial charge in [0.25, 0.3) is 0 Å². The van der Waals surface area contributed by atoms with Crippen LogP contribution in [0.3, 0.4) is 0 Å². The summed E-state index contributed by atoms with van der Waals surface area (Å²) in [5.41, 5.74) is 2.43. The van der Waals surface area contributed by atoms with E-state index in [9.17, 15) is 9.59 Å². The van der Waals surface area contributed by atoms with Crippen LogP contribution in [0.25, 0.3) is 11.0 Å². The van der Waals surface area contributed by atoms with E-state index in [1.54, 1.807) is 9.13 Å². The summed E-state index contributed by atoms with van der Waals surface area (Å²) in [4.78, 5) is 24.7. The standard InChI is InChI=1S/C18H18BrN3O2/c1-2-21-15-5-3-4-6-16(15)22(18(21)24)12-11-17(23)20-14-9-7-13(19)8-10-14/h3-10H,2,11-12H2,1H3,(H,20,23). The van der Waals surface area contributed by atoms with Gasteiger partial charge in [-0.25, -0.2) is 4.79 Å². The lowest BCUT2D eigenvalue weighted by Crippen LogP contribution is -2.25. The highest BCUT2D eigenvalue weighted by atomic mass is 79.9. The molecule has 0 saturated carbocycles. The second-order valence-corrected chi connectivity index (χ2v) is 6.39. The summed E-state index contributed by atoms with van der Waals surface area (Å²) in [5.74, 6) is -0.113. The topological polar surface area (TPSA) is 56.0 Å². The maximum Gasteiger partial charge on any atom is 0.329 e. The van der Waals surface area contributed by atoms with Crippen molar-refractivity contribution in [1.82, 2.24) is 9.13 Å². The molecule has 0 spiro atoms. The van der Waals surface area contributed by atoms with Crippen LogP contribution in [0.1, 0.15) is 13.3 Å². The normalized spacial score (nSPS) is 10.9. The second-order valence-electron chi connectivity index (χ2n) is 5.47. The van der Waals surface area contributed by atoms with Crippen molar-refractivity contribution in [2.75, 3.05) is 5.32 Å². The second kappa shape index (κ2) is 7.05. The number of benzene rings is 2. The quantitative estimate of drug-likeness (QED) is 0.726. The molecule has 0 radical (unpaired) electrons. The molecule has 0 aliphatic heterocycles. The third kappa shape index (κ3) is 3.28. The van der Waals surface area contributed by atoms with Gasteiger partial charge in [-0.2, -0.15) is 0 Å². The number of para-hydroxylation sites is 2. The van der Waals surface area contributed by atoms with E-state index in [1.165, 1.54) is 0 Å². The predicted octanol–water partition coefficient (Wildman–Crippen LogP) is 3.61. The fourth-order valence-electron chi connectivity index (χ4n) is 2.76. The summed E-state index contributed by atoms with van der Waals surface area (Å²) in [5, 5.41) is 2.85. The molecule has 3 rings (SSSR count). The smallest absolute Gasteiger partial charge is 0.326 e. The number of nitrogens with zero attached hydrogens (tertiary/aromatic N) is 2. The van der Waals surface area contributed by atoms with E-state index in [0.717, 1.165) is 21.2 Å². The lowest BCUT2D eigenvalue weighted by molar-refractivity contribution is -0.116. The Morgan fingerprint density at radius 1 is 1.04 bits per heavy atom. The van der Waals surface area contributed by atoms with Gasteiger partial charge >= 0.3 is 5.69 Å². The van der Waals surface area contributed by atoms with Crippen molar-refractivity contribution in [2.45, 2.75) is 26.4 Å². The summed E-state index contributed by atoms with van der Waals surface area (Å²) in [6, 6.07) is 15.1. The minimum Gasteiger partial charge on any atom is -0.326 e. The predicted molar refractivity (Wildman–Crippen MR) is 99.3 cm³/mol. The molecule has 1 aromatic heterocycles. The van der Waals surface area contributed by atoms with E-state index >= 15 is 0 Å². The van der Waals surface area contributed by atoms with Crippen molar-refractivity contribution in [1.29, 1.82) is 0 Å². The molecule has 0 atom stereocenters. The molecule has 1 amide bonds. The molecule has 0 bridgehead atoms. The molecule has 0 aliphatic rings. The van der Waals surface area contributed by atoms with Crippen LogP contribution in [0.15, 0.2) is 57.8 Å². The fraction of sp³-hybridized carbons (Fsp3) is 0.222. The number of aromatic nitrogens is 2. The highest BCUT2D eigenvalue weighted by Gasteiger charge is 2.12. The molecule has 6 heteroatoms. The Morgan fingerprint density at radius 2 is 1.67 bits per heavy atom. The molecule has 1 N–H and O–H groups in total. The Labute approximate surface area is 148 Å². The zero-order valence-electron chi connectivity index (χ0n) is 13.3. The number of carbonyl (C=O) groups excluding carboxylic acids is 1. The third-order valence-corrected chi connectivity index (χ3v) is 4.46. The highest BCUT2D eigenvalue weighted by Crippen LogP contribution is 2.15. The lowest BCUT2D eigenvalue weighted by atomic mass is 10.3. The highest BCUT2D eigenvalue weighted by molar-refractivity contribution is 9.10. The van der Waals surface area contributed by atoms with Crippen molar-refractivity contribution < 1.29 is 4.79 Å². The summed E-state index contributed by atoms with van der Waals surface area (Å²) in [7, 11) is 0. The molecule has 2 aromatic carbocycles. The Hall–Kier alpha value is -2.34. The molecule has 3 aromatic rings. The van der Waals surface area contributed by atoms with Crippen LogP contribution in [0.2, 0.25) is 0 Å². The van der Waals surface area contributed by atoms with E-state index in [0.29, 0.717) is 13.1 Å². The van der Waals surface area contributed by atoms with Crippen molar-refractivity contribution in [3.8, 4) is 0 Å². The largest absolute Gasteiger partial charge is 0.329 e. The number of halogens is 1. The molecular weight excluding hydrogens is 370 g/mol. The van der Waals surface area contributed by atoms with Gasteiger partial charge < -0.3 is 5.32 Å². The van der Waals surface area contributed by atoms with E-state index in [4.69, 9.17) is 0 Å². The number of hydrogen-bond donors (Lipinski definition) is 1. The van der Waals surface area contributed by atoms with Crippen molar-refractivity contribution in [3.05, 3.63) is 63.5 Å². The van der Waals surface area contributed by atoms with Gasteiger partial charge in [-0.1, -0.05) is 28.1 Å². The number of aryl methyl sites for hydroxylation is 2. The first kappa shape index (κ1) is 16.5. The average Bonchev–Trinajstić information content (AvgIpc) is 2.86. The maximum atomic E-state index is 12.5. The van der Waals surface area contributed by atoms with Crippen LogP contribution in [-0.4, -0.2) is 15.0 Å². The molecule has 0 saturated heterocycles. The lowest BCUT2D eigenvalue weighted by Gasteiger charge is -2.06. The minimum atomic E-state index is -0.113. The third-order valence-electron chi connectivity index (χ3n) is 3.93. The zero-order chi connectivity index (χ0) is 17.1. The molecule has 0 fully saturated rings. The van der Waals surface area contributed by atoms with Crippen molar-refractivity contribution in [3.63, 3.8) is 0 Å². The molecule has 24 heavy (non-hydrogen) atoms. The van der Waals surface area contributed by atoms with Gasteiger partial charge in [0.05, 0.1) is 11.0 Å². The van der Waals surface area contributed by atoms with Crippen molar-refractivity contribution >= 4 is 38.6 Å². The molecular formula is C18H18BrN3O2. The average molecular weight is 388 g/mol. The van der Waals surface area contributed by atoms with Crippen LogP contribution < -0.4 is 11.0 Å². The van der Waals surface area contributed by atoms with E-state index < -0.39 is 0 Å². The molecule has 0 aliphatic carbocycles. The Kier molecular flexibility index (Phi) is 4.85. The van der Waals surface area contributed by atoms with Crippen LogP contribution in [-0.2, 0) is 17.9 Å². The minimum absolute atomic E-state index is 0.0739. The monoisotopic (exact) mass is 387 g/mol. The Bertz CT molecular complexity index is 926. The number of carbonyl (C=O) groups is 1. The van der Waals surface area contributed by atoms with Crippen LogP contribution in [0.5, 0.6) is 0 Å². The Morgan fingerprint density at radius 3 is 2.29 bits per heavy atom. The number of fused-ring (bicyclic) bond motifs is 1. The zero-order valence-corrected chi connectivity index (χ0v) is 14.9. The summed E-state index contributed by atoms with van der Waals surface area (Å²) >= 11 is 3.36. The summed E-state index contributed by atoms with van der Waals surface area (Å²) < 4.78 is 4.35. The van der Waals surface area contributed by atoms with Crippen LogP contribution >= 0.6 is 15.9 Å². The number of imidazole rings is 1. The van der Waals surface area contributed by atoms with E-state index in [1.807, 2.05) is 55.5 Å².